The molecule has 0 spiro atoms. The molecule has 0 bridgehead atoms. The van der Waals surface area contributed by atoms with Crippen LogP contribution in [0.15, 0.2) is 16.6 Å². The van der Waals surface area contributed by atoms with Crippen molar-refractivity contribution in [3.63, 3.8) is 0 Å². The number of methoxy groups -OCH3 is 1. The van der Waals surface area contributed by atoms with Crippen LogP contribution in [0.5, 0.6) is 11.5 Å². The number of likely N-dealkylation sites (tertiary alicyclic amines) is 1. The highest BCUT2D eigenvalue weighted by atomic mass is 79.9. The molecular formula is C13H15BrN2O2. The Morgan fingerprint density at radius 2 is 2.22 bits per heavy atom. The van der Waals surface area contributed by atoms with Crippen LogP contribution in [0.2, 0.25) is 0 Å². The molecular weight excluding hydrogens is 296 g/mol. The molecule has 1 fully saturated rings. The van der Waals surface area contributed by atoms with E-state index in [9.17, 15) is 0 Å². The first-order valence-electron chi connectivity index (χ1n) is 5.72. The zero-order valence-corrected chi connectivity index (χ0v) is 12.0. The number of benzene rings is 1. The molecule has 1 aromatic carbocycles. The number of halogens is 1. The van der Waals surface area contributed by atoms with E-state index in [0.717, 1.165) is 23.1 Å². The molecule has 0 atom stereocenters. The Bertz CT molecular complexity index is 479. The van der Waals surface area contributed by atoms with Crippen LogP contribution in [0.1, 0.15) is 5.56 Å². The van der Waals surface area contributed by atoms with Crippen molar-refractivity contribution in [1.82, 2.24) is 4.90 Å². The number of hydrogen-bond donors (Lipinski definition) is 0. The van der Waals surface area contributed by atoms with E-state index in [0.29, 0.717) is 17.9 Å². The monoisotopic (exact) mass is 310 g/mol. The normalized spacial score (nSPS) is 15.9. The lowest BCUT2D eigenvalue weighted by Crippen LogP contribution is -2.51. The summed E-state index contributed by atoms with van der Waals surface area (Å²) in [6.07, 6.45) is 0.496. The summed E-state index contributed by atoms with van der Waals surface area (Å²) < 4.78 is 12.2. The minimum atomic E-state index is 0.183. The maximum Gasteiger partial charge on any atom is 0.166 e. The highest BCUT2D eigenvalue weighted by Crippen LogP contribution is 2.36. The lowest BCUT2D eigenvalue weighted by molar-refractivity contribution is 0.0363. The molecule has 2 rings (SSSR count). The Kier molecular flexibility index (Phi) is 4.10. The zero-order valence-electron chi connectivity index (χ0n) is 10.4. The Hall–Kier alpha value is -1.25. The van der Waals surface area contributed by atoms with Gasteiger partial charge in [0.15, 0.2) is 11.5 Å². The van der Waals surface area contributed by atoms with Crippen LogP contribution < -0.4 is 9.47 Å². The second-order valence-electron chi connectivity index (χ2n) is 4.39. The van der Waals surface area contributed by atoms with Gasteiger partial charge >= 0.3 is 0 Å². The maximum atomic E-state index is 8.88. The van der Waals surface area contributed by atoms with Gasteiger partial charge in [0.1, 0.15) is 6.10 Å². The van der Waals surface area contributed by atoms with Crippen molar-refractivity contribution in [1.29, 1.82) is 5.26 Å². The Balaban J connectivity index is 2.27. The van der Waals surface area contributed by atoms with E-state index in [1.807, 2.05) is 12.1 Å². The first-order chi connectivity index (χ1) is 8.63. The van der Waals surface area contributed by atoms with Crippen molar-refractivity contribution in [3.05, 3.63) is 22.2 Å². The third kappa shape index (κ3) is 2.77. The Morgan fingerprint density at radius 1 is 1.50 bits per heavy atom. The zero-order chi connectivity index (χ0) is 13.1. The molecule has 1 aromatic rings. The Morgan fingerprint density at radius 3 is 2.78 bits per heavy atom. The van der Waals surface area contributed by atoms with Gasteiger partial charge in [-0.1, -0.05) is 15.9 Å². The van der Waals surface area contributed by atoms with Crippen LogP contribution in [-0.2, 0) is 6.42 Å². The molecule has 0 N–H and O–H groups in total. The first-order valence-corrected chi connectivity index (χ1v) is 6.52. The maximum absolute atomic E-state index is 8.88. The van der Waals surface area contributed by atoms with Crippen molar-refractivity contribution in [2.75, 3.05) is 27.2 Å². The van der Waals surface area contributed by atoms with E-state index < -0.39 is 0 Å². The average molecular weight is 311 g/mol. The third-order valence-corrected chi connectivity index (χ3v) is 3.36. The average Bonchev–Trinajstić information content (AvgIpc) is 2.30. The fourth-order valence-corrected chi connectivity index (χ4v) is 2.49. The molecule has 96 valence electrons. The van der Waals surface area contributed by atoms with Crippen LogP contribution in [0.4, 0.5) is 0 Å². The van der Waals surface area contributed by atoms with Gasteiger partial charge in [0.2, 0.25) is 0 Å². The van der Waals surface area contributed by atoms with Crippen LogP contribution in [0.25, 0.3) is 0 Å². The van der Waals surface area contributed by atoms with Gasteiger partial charge in [-0.2, -0.15) is 5.26 Å². The SMILES string of the molecule is COc1cc(Br)cc(CC#N)c1OC1CN(C)C1. The number of likely N-dealkylation sites (N-methyl/N-ethyl adjacent to an activating group) is 1. The molecule has 18 heavy (non-hydrogen) atoms. The molecule has 1 saturated heterocycles. The van der Waals surface area contributed by atoms with Gasteiger partial charge in [-0.05, 0) is 19.2 Å². The minimum absolute atomic E-state index is 0.183. The summed E-state index contributed by atoms with van der Waals surface area (Å²) in [6, 6.07) is 5.92. The standard InChI is InChI=1S/C13H15BrN2O2/c1-16-7-11(8-16)18-13-9(3-4-15)5-10(14)6-12(13)17-2/h5-6,11H,3,7-8H2,1-2H3. The van der Waals surface area contributed by atoms with E-state index in [1.165, 1.54) is 0 Å². The van der Waals surface area contributed by atoms with E-state index in [1.54, 1.807) is 7.11 Å². The van der Waals surface area contributed by atoms with E-state index >= 15 is 0 Å². The summed E-state index contributed by atoms with van der Waals surface area (Å²) >= 11 is 3.41. The molecule has 0 radical (unpaired) electrons. The van der Waals surface area contributed by atoms with Gasteiger partial charge in [0, 0.05) is 23.1 Å². The highest BCUT2D eigenvalue weighted by Gasteiger charge is 2.27. The van der Waals surface area contributed by atoms with Gasteiger partial charge in [-0.25, -0.2) is 0 Å². The van der Waals surface area contributed by atoms with Crippen LogP contribution in [-0.4, -0.2) is 38.3 Å². The summed E-state index contributed by atoms with van der Waals surface area (Å²) in [6.45, 7) is 1.82. The molecule has 1 aliphatic heterocycles. The number of nitrogens with zero attached hydrogens (tertiary/aromatic N) is 2. The topological polar surface area (TPSA) is 45.5 Å². The summed E-state index contributed by atoms with van der Waals surface area (Å²) in [5, 5.41) is 8.88. The van der Waals surface area contributed by atoms with E-state index in [-0.39, 0.29) is 6.10 Å². The molecule has 0 amide bonds. The van der Waals surface area contributed by atoms with E-state index in [2.05, 4.69) is 33.9 Å². The van der Waals surface area contributed by atoms with Gasteiger partial charge in [0.05, 0.1) is 19.6 Å². The van der Waals surface area contributed by atoms with Crippen molar-refractivity contribution >= 4 is 15.9 Å². The van der Waals surface area contributed by atoms with Gasteiger partial charge < -0.3 is 9.47 Å². The molecule has 0 unspecified atom stereocenters. The summed E-state index contributed by atoms with van der Waals surface area (Å²) in [4.78, 5) is 2.18. The number of rotatable bonds is 4. The predicted octanol–water partition coefficient (Wildman–Crippen LogP) is 2.22. The first kappa shape index (κ1) is 13.2. The van der Waals surface area contributed by atoms with Gasteiger partial charge in [0.25, 0.3) is 0 Å². The van der Waals surface area contributed by atoms with Crippen molar-refractivity contribution in [3.8, 4) is 17.6 Å². The van der Waals surface area contributed by atoms with Crippen molar-refractivity contribution < 1.29 is 9.47 Å². The summed E-state index contributed by atoms with van der Waals surface area (Å²) in [7, 11) is 3.66. The number of hydrogen-bond acceptors (Lipinski definition) is 4. The van der Waals surface area contributed by atoms with Gasteiger partial charge in [-0.15, -0.1) is 0 Å². The summed E-state index contributed by atoms with van der Waals surface area (Å²) in [5.74, 6) is 1.37. The molecule has 5 heteroatoms. The van der Waals surface area contributed by atoms with Crippen LogP contribution >= 0.6 is 15.9 Å². The lowest BCUT2D eigenvalue weighted by Gasteiger charge is -2.36. The number of ether oxygens (including phenoxy) is 2. The molecule has 0 aromatic heterocycles. The quantitative estimate of drug-likeness (QED) is 0.855. The second-order valence-corrected chi connectivity index (χ2v) is 5.31. The fourth-order valence-electron chi connectivity index (χ4n) is 2.01. The predicted molar refractivity (Wildman–Crippen MR) is 71.9 cm³/mol. The lowest BCUT2D eigenvalue weighted by atomic mass is 10.1. The van der Waals surface area contributed by atoms with Crippen molar-refractivity contribution in [2.24, 2.45) is 0 Å². The van der Waals surface area contributed by atoms with Crippen LogP contribution in [0, 0.1) is 11.3 Å². The fraction of sp³-hybridized carbons (Fsp3) is 0.462. The third-order valence-electron chi connectivity index (χ3n) is 2.90. The molecule has 0 saturated carbocycles. The highest BCUT2D eigenvalue weighted by molar-refractivity contribution is 9.10. The van der Waals surface area contributed by atoms with Crippen LogP contribution in [0.3, 0.4) is 0 Å². The molecule has 4 nitrogen and oxygen atoms in total. The number of nitriles is 1. The van der Waals surface area contributed by atoms with E-state index in [4.69, 9.17) is 14.7 Å². The largest absolute Gasteiger partial charge is 0.493 e. The molecule has 1 aliphatic rings. The molecule has 0 aliphatic carbocycles. The minimum Gasteiger partial charge on any atom is -0.493 e. The van der Waals surface area contributed by atoms with Gasteiger partial charge in [-0.3, -0.25) is 4.90 Å². The van der Waals surface area contributed by atoms with Crippen molar-refractivity contribution in [2.45, 2.75) is 12.5 Å². The molecule has 1 heterocycles. The Labute approximate surface area is 115 Å². The second kappa shape index (κ2) is 5.59. The smallest absolute Gasteiger partial charge is 0.166 e. The summed E-state index contributed by atoms with van der Waals surface area (Å²) in [5.41, 5.74) is 0.860.